The molecule has 1 amide bonds. The molecule has 1 N–H and O–H groups in total. The number of amides is 1. The lowest BCUT2D eigenvalue weighted by atomic mass is 10.1. The Balaban J connectivity index is 1.43. The Kier molecular flexibility index (Phi) is 5.90. The fraction of sp³-hybridized carbons (Fsp3) is 0.348. The summed E-state index contributed by atoms with van der Waals surface area (Å²) in [4.78, 5) is 19.8. The van der Waals surface area contributed by atoms with E-state index in [0.29, 0.717) is 12.1 Å². The topological polar surface area (TPSA) is 63.1 Å². The van der Waals surface area contributed by atoms with E-state index in [2.05, 4.69) is 15.3 Å². The maximum atomic E-state index is 13.0. The van der Waals surface area contributed by atoms with Crippen LogP contribution in [0.1, 0.15) is 51.9 Å². The molecule has 1 atom stereocenters. The Labute approximate surface area is 175 Å². The molecule has 4 rings (SSSR count). The van der Waals surface area contributed by atoms with Gasteiger partial charge in [0.1, 0.15) is 5.82 Å². The highest BCUT2D eigenvalue weighted by molar-refractivity contribution is 5.95. The SMILES string of the molecule is Cc1nc([C@@H]2CCCN2Cc2ccnn2C)ccc1C(=O)NCc1ccc(F)cc1. The summed E-state index contributed by atoms with van der Waals surface area (Å²) in [7, 11) is 1.96. The lowest BCUT2D eigenvalue weighted by Gasteiger charge is -2.24. The second-order valence-corrected chi connectivity index (χ2v) is 7.75. The fourth-order valence-electron chi connectivity index (χ4n) is 4.00. The molecule has 1 aliphatic rings. The molecule has 1 aromatic carbocycles. The summed E-state index contributed by atoms with van der Waals surface area (Å²) in [5.41, 5.74) is 4.31. The summed E-state index contributed by atoms with van der Waals surface area (Å²) in [6.45, 7) is 4.08. The van der Waals surface area contributed by atoms with Crippen LogP contribution in [-0.4, -0.2) is 32.1 Å². The van der Waals surface area contributed by atoms with Crippen molar-refractivity contribution in [3.63, 3.8) is 0 Å². The molecule has 1 aliphatic heterocycles. The number of carbonyl (C=O) groups is 1. The zero-order valence-corrected chi connectivity index (χ0v) is 17.3. The van der Waals surface area contributed by atoms with Crippen LogP contribution in [0.3, 0.4) is 0 Å². The number of aryl methyl sites for hydroxylation is 2. The maximum Gasteiger partial charge on any atom is 0.253 e. The molecule has 0 bridgehead atoms. The highest BCUT2D eigenvalue weighted by atomic mass is 19.1. The molecular weight excluding hydrogens is 381 g/mol. The van der Waals surface area contributed by atoms with E-state index < -0.39 is 0 Å². The number of likely N-dealkylation sites (tertiary alicyclic amines) is 1. The number of hydrogen-bond donors (Lipinski definition) is 1. The van der Waals surface area contributed by atoms with E-state index in [4.69, 9.17) is 4.98 Å². The number of hydrogen-bond acceptors (Lipinski definition) is 4. The van der Waals surface area contributed by atoms with Gasteiger partial charge in [-0.1, -0.05) is 12.1 Å². The standard InChI is InChI=1S/C23H26FN5O/c1-16-20(23(30)25-14-17-5-7-18(24)8-6-17)9-10-21(27-16)22-4-3-13-29(22)15-19-11-12-26-28(19)2/h5-12,22H,3-4,13-15H2,1-2H3,(H,25,30)/t22-/m0/s1. The minimum atomic E-state index is -0.287. The van der Waals surface area contributed by atoms with Gasteiger partial charge in [-0.15, -0.1) is 0 Å². The van der Waals surface area contributed by atoms with Crippen LogP contribution in [0.4, 0.5) is 4.39 Å². The van der Waals surface area contributed by atoms with Gasteiger partial charge in [-0.25, -0.2) is 4.39 Å². The van der Waals surface area contributed by atoms with Gasteiger partial charge in [0.15, 0.2) is 0 Å². The third kappa shape index (κ3) is 4.41. The summed E-state index contributed by atoms with van der Waals surface area (Å²) >= 11 is 0. The Morgan fingerprint density at radius 3 is 2.70 bits per heavy atom. The number of aromatic nitrogens is 3. The lowest BCUT2D eigenvalue weighted by molar-refractivity contribution is 0.0949. The van der Waals surface area contributed by atoms with Crippen LogP contribution in [0.5, 0.6) is 0 Å². The molecule has 1 fully saturated rings. The van der Waals surface area contributed by atoms with Crippen molar-refractivity contribution < 1.29 is 9.18 Å². The third-order valence-electron chi connectivity index (χ3n) is 5.71. The third-order valence-corrected chi connectivity index (χ3v) is 5.71. The maximum absolute atomic E-state index is 13.0. The van der Waals surface area contributed by atoms with E-state index in [0.717, 1.165) is 42.9 Å². The predicted octanol–water partition coefficient (Wildman–Crippen LogP) is 3.53. The molecule has 30 heavy (non-hydrogen) atoms. The molecule has 0 unspecified atom stereocenters. The van der Waals surface area contributed by atoms with Gasteiger partial charge in [-0.2, -0.15) is 5.10 Å². The Morgan fingerprint density at radius 2 is 2.00 bits per heavy atom. The Morgan fingerprint density at radius 1 is 1.20 bits per heavy atom. The van der Waals surface area contributed by atoms with Gasteiger partial charge in [0.2, 0.25) is 0 Å². The van der Waals surface area contributed by atoms with E-state index >= 15 is 0 Å². The summed E-state index contributed by atoms with van der Waals surface area (Å²) in [6, 6.07) is 12.2. The average Bonchev–Trinajstić information content (AvgIpc) is 3.36. The number of carbonyl (C=O) groups excluding carboxylic acids is 1. The first-order valence-electron chi connectivity index (χ1n) is 10.2. The van der Waals surface area contributed by atoms with Crippen LogP contribution >= 0.6 is 0 Å². The van der Waals surface area contributed by atoms with Gasteiger partial charge < -0.3 is 5.32 Å². The van der Waals surface area contributed by atoms with Gasteiger partial charge in [0.05, 0.1) is 28.7 Å². The van der Waals surface area contributed by atoms with Crippen molar-refractivity contribution in [3.8, 4) is 0 Å². The van der Waals surface area contributed by atoms with E-state index in [1.165, 1.54) is 17.8 Å². The highest BCUT2D eigenvalue weighted by Crippen LogP contribution is 2.32. The van der Waals surface area contributed by atoms with E-state index in [1.54, 1.807) is 12.1 Å². The lowest BCUT2D eigenvalue weighted by Crippen LogP contribution is -2.26. The smallest absolute Gasteiger partial charge is 0.253 e. The molecule has 1 saturated heterocycles. The largest absolute Gasteiger partial charge is 0.348 e. The van der Waals surface area contributed by atoms with Gasteiger partial charge in [-0.3, -0.25) is 19.4 Å². The molecule has 0 aliphatic carbocycles. The van der Waals surface area contributed by atoms with Gasteiger partial charge in [0.25, 0.3) is 5.91 Å². The predicted molar refractivity (Wildman–Crippen MR) is 112 cm³/mol. The highest BCUT2D eigenvalue weighted by Gasteiger charge is 2.28. The zero-order chi connectivity index (χ0) is 21.1. The minimum absolute atomic E-state index is 0.172. The van der Waals surface area contributed by atoms with Crippen molar-refractivity contribution in [1.82, 2.24) is 25.0 Å². The monoisotopic (exact) mass is 407 g/mol. The van der Waals surface area contributed by atoms with Crippen molar-refractivity contribution in [2.45, 2.75) is 38.9 Å². The molecule has 0 radical (unpaired) electrons. The van der Waals surface area contributed by atoms with Gasteiger partial charge in [0, 0.05) is 26.3 Å². The van der Waals surface area contributed by atoms with Crippen molar-refractivity contribution in [1.29, 1.82) is 0 Å². The fourth-order valence-corrected chi connectivity index (χ4v) is 4.00. The van der Waals surface area contributed by atoms with Gasteiger partial charge in [-0.05, 0) is 62.2 Å². The summed E-state index contributed by atoms with van der Waals surface area (Å²) < 4.78 is 14.9. The van der Waals surface area contributed by atoms with Crippen molar-refractivity contribution in [3.05, 3.63) is 82.7 Å². The molecule has 7 heteroatoms. The van der Waals surface area contributed by atoms with E-state index in [9.17, 15) is 9.18 Å². The number of halogens is 1. The summed E-state index contributed by atoms with van der Waals surface area (Å²) in [6.07, 6.45) is 4.01. The minimum Gasteiger partial charge on any atom is -0.348 e. The molecule has 3 aromatic rings. The first-order chi connectivity index (χ1) is 14.5. The van der Waals surface area contributed by atoms with E-state index in [1.807, 2.05) is 43.0 Å². The van der Waals surface area contributed by atoms with Crippen molar-refractivity contribution in [2.75, 3.05) is 6.54 Å². The zero-order valence-electron chi connectivity index (χ0n) is 17.3. The van der Waals surface area contributed by atoms with Crippen molar-refractivity contribution in [2.24, 2.45) is 7.05 Å². The number of rotatable bonds is 6. The van der Waals surface area contributed by atoms with Crippen molar-refractivity contribution >= 4 is 5.91 Å². The first kappa shape index (κ1) is 20.2. The normalized spacial score (nSPS) is 16.7. The summed E-state index contributed by atoms with van der Waals surface area (Å²) in [5, 5.41) is 7.14. The van der Waals surface area contributed by atoms with Crippen LogP contribution < -0.4 is 5.32 Å². The van der Waals surface area contributed by atoms with Crippen LogP contribution in [0.2, 0.25) is 0 Å². The molecule has 156 valence electrons. The van der Waals surface area contributed by atoms with Crippen LogP contribution in [-0.2, 0) is 20.1 Å². The Bertz CT molecular complexity index is 1030. The molecule has 6 nitrogen and oxygen atoms in total. The van der Waals surface area contributed by atoms with Gasteiger partial charge >= 0.3 is 0 Å². The Hall–Kier alpha value is -3.06. The number of nitrogens with one attached hydrogen (secondary N) is 1. The van der Waals surface area contributed by atoms with Crippen LogP contribution in [0.25, 0.3) is 0 Å². The molecular formula is C23H26FN5O. The van der Waals surface area contributed by atoms with Crippen LogP contribution in [0.15, 0.2) is 48.7 Å². The number of pyridine rings is 1. The second kappa shape index (κ2) is 8.75. The first-order valence-corrected chi connectivity index (χ1v) is 10.2. The average molecular weight is 407 g/mol. The molecule has 2 aromatic heterocycles. The quantitative estimate of drug-likeness (QED) is 0.679. The molecule has 0 saturated carbocycles. The molecule has 3 heterocycles. The number of nitrogens with zero attached hydrogens (tertiary/aromatic N) is 4. The number of benzene rings is 1. The van der Waals surface area contributed by atoms with E-state index in [-0.39, 0.29) is 17.8 Å². The summed E-state index contributed by atoms with van der Waals surface area (Å²) in [5.74, 6) is -0.459. The molecule has 0 spiro atoms. The van der Waals surface area contributed by atoms with Crippen LogP contribution in [0, 0.1) is 12.7 Å². The second-order valence-electron chi connectivity index (χ2n) is 7.75.